The fraction of sp³-hybridized carbons (Fsp3) is 0.368. The number of hydrogen-bond donors (Lipinski definition) is 2. The molecule has 1 aromatic heterocycles. The first kappa shape index (κ1) is 19.8. The minimum atomic E-state index is -0.408. The van der Waals surface area contributed by atoms with Crippen LogP contribution in [0.15, 0.2) is 24.3 Å². The smallest absolute Gasteiger partial charge is 0.341 e. The molecule has 2 aromatic rings. The fourth-order valence-electron chi connectivity index (χ4n) is 2.57. The summed E-state index contributed by atoms with van der Waals surface area (Å²) in [6, 6.07) is 7.37. The van der Waals surface area contributed by atoms with Gasteiger partial charge in [-0.2, -0.15) is 0 Å². The van der Waals surface area contributed by atoms with Gasteiger partial charge in [-0.15, -0.1) is 11.3 Å². The van der Waals surface area contributed by atoms with Crippen LogP contribution in [-0.4, -0.2) is 32.1 Å². The van der Waals surface area contributed by atoms with E-state index in [0.717, 1.165) is 22.5 Å². The van der Waals surface area contributed by atoms with Gasteiger partial charge in [0.1, 0.15) is 10.8 Å². The number of aryl methyl sites for hydroxylation is 1. The predicted molar refractivity (Wildman–Crippen MR) is 105 cm³/mol. The van der Waals surface area contributed by atoms with E-state index >= 15 is 0 Å². The summed E-state index contributed by atoms with van der Waals surface area (Å²) in [5.41, 5.74) is 2.04. The van der Waals surface area contributed by atoms with E-state index in [9.17, 15) is 9.59 Å². The second kappa shape index (κ2) is 9.24. The molecule has 0 bridgehead atoms. The zero-order valence-corrected chi connectivity index (χ0v) is 16.3. The van der Waals surface area contributed by atoms with Crippen LogP contribution in [0, 0.1) is 6.92 Å². The van der Waals surface area contributed by atoms with Gasteiger partial charge in [-0.1, -0.05) is 19.1 Å². The summed E-state index contributed by atoms with van der Waals surface area (Å²) in [5.74, 6) is 0.00652. The molecule has 2 N–H and O–H groups in total. The summed E-state index contributed by atoms with van der Waals surface area (Å²) in [6.07, 6.45) is 0.790. The lowest BCUT2D eigenvalue weighted by molar-refractivity contribution is -0.114. The molecule has 7 heteroatoms. The Hall–Kier alpha value is -2.54. The Labute approximate surface area is 157 Å². The first-order valence-corrected chi connectivity index (χ1v) is 9.29. The molecule has 0 aliphatic rings. The molecule has 140 valence electrons. The topological polar surface area (TPSA) is 76.7 Å². The maximum Gasteiger partial charge on any atom is 0.341 e. The van der Waals surface area contributed by atoms with E-state index in [2.05, 4.69) is 10.6 Å². The molecule has 0 radical (unpaired) electrons. The number of methoxy groups -OCH3 is 1. The average Bonchev–Trinajstić information content (AvgIpc) is 2.95. The summed E-state index contributed by atoms with van der Waals surface area (Å²) in [7, 11) is 1.58. The third kappa shape index (κ3) is 4.54. The first-order valence-electron chi connectivity index (χ1n) is 8.47. The molecule has 0 atom stereocenters. The molecule has 0 unspecified atom stereocenters. The number of para-hydroxylation sites is 2. The highest BCUT2D eigenvalue weighted by Crippen LogP contribution is 2.34. The Bertz CT molecular complexity index is 786. The van der Waals surface area contributed by atoms with E-state index < -0.39 is 5.97 Å². The largest absolute Gasteiger partial charge is 0.495 e. The van der Waals surface area contributed by atoms with E-state index in [0.29, 0.717) is 22.9 Å². The van der Waals surface area contributed by atoms with Crippen LogP contribution >= 0.6 is 11.3 Å². The van der Waals surface area contributed by atoms with Crippen LogP contribution in [0.1, 0.15) is 34.6 Å². The molecule has 1 heterocycles. The van der Waals surface area contributed by atoms with E-state index in [1.165, 1.54) is 11.3 Å². The molecule has 6 nitrogen and oxygen atoms in total. The Morgan fingerprint density at radius 3 is 2.58 bits per heavy atom. The van der Waals surface area contributed by atoms with Gasteiger partial charge in [-0.3, -0.25) is 4.79 Å². The Morgan fingerprint density at radius 1 is 1.19 bits per heavy atom. The molecule has 0 spiro atoms. The normalized spacial score (nSPS) is 10.3. The molecule has 0 aliphatic carbocycles. The summed E-state index contributed by atoms with van der Waals surface area (Å²) in [5, 5.41) is 6.41. The van der Waals surface area contributed by atoms with Crippen molar-refractivity contribution in [3.05, 3.63) is 40.3 Å². The zero-order chi connectivity index (χ0) is 19.1. The number of esters is 1. The quantitative estimate of drug-likeness (QED) is 0.684. The highest BCUT2D eigenvalue weighted by molar-refractivity contribution is 7.17. The molecule has 1 amide bonds. The van der Waals surface area contributed by atoms with Crippen molar-refractivity contribution in [3.8, 4) is 5.75 Å². The Kier molecular flexibility index (Phi) is 7.03. The number of thiophene rings is 1. The minimum Gasteiger partial charge on any atom is -0.495 e. The third-order valence-corrected chi connectivity index (χ3v) is 5.20. The third-order valence-electron chi connectivity index (χ3n) is 3.85. The number of carbonyl (C=O) groups is 2. The van der Waals surface area contributed by atoms with Crippen molar-refractivity contribution in [2.45, 2.75) is 27.2 Å². The van der Waals surface area contributed by atoms with Crippen molar-refractivity contribution >= 4 is 33.9 Å². The molecule has 0 aliphatic heterocycles. The van der Waals surface area contributed by atoms with E-state index in [4.69, 9.17) is 9.47 Å². The van der Waals surface area contributed by atoms with Gasteiger partial charge in [0, 0.05) is 4.88 Å². The molecule has 2 rings (SSSR count). The van der Waals surface area contributed by atoms with Gasteiger partial charge in [0.15, 0.2) is 0 Å². The van der Waals surface area contributed by atoms with E-state index in [-0.39, 0.29) is 12.5 Å². The van der Waals surface area contributed by atoms with Gasteiger partial charge in [-0.05, 0) is 38.0 Å². The number of benzene rings is 1. The van der Waals surface area contributed by atoms with Crippen molar-refractivity contribution in [1.82, 2.24) is 0 Å². The average molecular weight is 376 g/mol. The highest BCUT2D eigenvalue weighted by Gasteiger charge is 2.22. The number of amides is 1. The molecular weight excluding hydrogens is 352 g/mol. The fourth-order valence-corrected chi connectivity index (χ4v) is 3.72. The van der Waals surface area contributed by atoms with Gasteiger partial charge < -0.3 is 20.1 Å². The number of carbonyl (C=O) groups excluding carboxylic acids is 2. The second-order valence-corrected chi connectivity index (χ2v) is 6.64. The lowest BCUT2D eigenvalue weighted by atomic mass is 10.1. The molecule has 26 heavy (non-hydrogen) atoms. The molecule has 0 saturated carbocycles. The highest BCUT2D eigenvalue weighted by atomic mass is 32.1. The van der Waals surface area contributed by atoms with Gasteiger partial charge in [0.05, 0.1) is 31.5 Å². The SMILES string of the molecule is CCOC(=O)c1c(NC(=O)CNc2ccccc2OC)sc(CC)c1C. The van der Waals surface area contributed by atoms with Gasteiger partial charge >= 0.3 is 5.97 Å². The van der Waals surface area contributed by atoms with Crippen molar-refractivity contribution in [3.63, 3.8) is 0 Å². The van der Waals surface area contributed by atoms with Crippen LogP contribution in [0.5, 0.6) is 5.75 Å². The van der Waals surface area contributed by atoms with Crippen molar-refractivity contribution in [1.29, 1.82) is 0 Å². The Balaban J connectivity index is 2.12. The summed E-state index contributed by atoms with van der Waals surface area (Å²) >= 11 is 1.41. The molecule has 1 aromatic carbocycles. The molecular formula is C19H24N2O4S. The maximum absolute atomic E-state index is 12.4. The van der Waals surface area contributed by atoms with Crippen LogP contribution in [0.25, 0.3) is 0 Å². The van der Waals surface area contributed by atoms with Crippen LogP contribution < -0.4 is 15.4 Å². The number of ether oxygens (including phenoxy) is 2. The number of nitrogens with one attached hydrogen (secondary N) is 2. The van der Waals surface area contributed by atoms with Crippen molar-refractivity contribution < 1.29 is 19.1 Å². The standard InChI is InChI=1S/C19H24N2O4S/c1-5-15-12(3)17(19(23)25-6-2)18(26-15)21-16(22)11-20-13-9-7-8-10-14(13)24-4/h7-10,20H,5-6,11H2,1-4H3,(H,21,22). The van der Waals surface area contributed by atoms with Gasteiger partial charge in [0.2, 0.25) is 5.91 Å². The zero-order valence-electron chi connectivity index (χ0n) is 15.5. The lowest BCUT2D eigenvalue weighted by Crippen LogP contribution is -2.22. The predicted octanol–water partition coefficient (Wildman–Crippen LogP) is 3.85. The number of anilines is 2. The summed E-state index contributed by atoms with van der Waals surface area (Å²) in [4.78, 5) is 25.7. The number of rotatable bonds is 8. The Morgan fingerprint density at radius 2 is 1.92 bits per heavy atom. The van der Waals surface area contributed by atoms with Gasteiger partial charge in [0.25, 0.3) is 0 Å². The van der Waals surface area contributed by atoms with Crippen LogP contribution in [0.3, 0.4) is 0 Å². The van der Waals surface area contributed by atoms with Crippen molar-refractivity contribution in [2.75, 3.05) is 30.9 Å². The minimum absolute atomic E-state index is 0.0566. The molecule has 0 saturated heterocycles. The maximum atomic E-state index is 12.4. The van der Waals surface area contributed by atoms with Crippen LogP contribution in [-0.2, 0) is 16.0 Å². The summed E-state index contributed by atoms with van der Waals surface area (Å²) < 4.78 is 10.4. The van der Waals surface area contributed by atoms with Gasteiger partial charge in [-0.25, -0.2) is 4.79 Å². The monoisotopic (exact) mass is 376 g/mol. The molecule has 0 fully saturated rings. The first-order chi connectivity index (χ1) is 12.5. The number of hydrogen-bond acceptors (Lipinski definition) is 6. The summed E-state index contributed by atoms with van der Waals surface area (Å²) in [6.45, 7) is 6.00. The van der Waals surface area contributed by atoms with Crippen LogP contribution in [0.2, 0.25) is 0 Å². The van der Waals surface area contributed by atoms with Crippen LogP contribution in [0.4, 0.5) is 10.7 Å². The van der Waals surface area contributed by atoms with E-state index in [1.54, 1.807) is 14.0 Å². The lowest BCUT2D eigenvalue weighted by Gasteiger charge is -2.11. The second-order valence-electron chi connectivity index (χ2n) is 5.53. The van der Waals surface area contributed by atoms with E-state index in [1.807, 2.05) is 38.1 Å². The van der Waals surface area contributed by atoms with Crippen molar-refractivity contribution in [2.24, 2.45) is 0 Å².